The smallest absolute Gasteiger partial charge is 0.300 e. The van der Waals surface area contributed by atoms with E-state index in [4.69, 9.17) is 0 Å². The number of fused-ring (bicyclic) bond motifs is 1. The lowest BCUT2D eigenvalue weighted by Gasteiger charge is -1.83. The molecule has 0 bridgehead atoms. The Morgan fingerprint density at radius 1 is 0.750 bits per heavy atom. The minimum Gasteiger partial charge on any atom is -0.300 e. The van der Waals surface area contributed by atoms with E-state index in [1.165, 1.54) is 0 Å². The number of imidazole rings is 1. The molecule has 0 fully saturated rings. The van der Waals surface area contributed by atoms with E-state index in [0.717, 1.165) is 0 Å². The monoisotopic (exact) mass is 171 g/mol. The second kappa shape index (κ2) is 1.97. The fraction of sp³-hybridized carbons (Fsp3) is 0. The lowest BCUT2D eigenvalue weighted by molar-refractivity contribution is 1.07. The van der Waals surface area contributed by atoms with E-state index >= 15 is 0 Å². The third-order valence-electron chi connectivity index (χ3n) is 1.42. The van der Waals surface area contributed by atoms with Gasteiger partial charge in [-0.05, 0) is 0 Å². The molecule has 7 heteroatoms. The maximum atomic E-state index is 10.9. The Labute approximate surface area is 63.5 Å². The number of rotatable bonds is 0. The summed E-state index contributed by atoms with van der Waals surface area (Å²) in [5, 5.41) is 0. The molecule has 2 aromatic heterocycles. The third kappa shape index (κ3) is 0.797. The highest BCUT2D eigenvalue weighted by Gasteiger charge is 2.02. The molecule has 0 saturated carbocycles. The van der Waals surface area contributed by atoms with Crippen molar-refractivity contribution in [1.82, 2.24) is 19.9 Å². The number of hydrogen-bond acceptors (Lipinski definition) is 3. The van der Waals surface area contributed by atoms with Crippen molar-refractivity contribution >= 4 is 11.2 Å². The van der Waals surface area contributed by atoms with Gasteiger partial charge in [0.2, 0.25) is 0 Å². The van der Waals surface area contributed by atoms with Crippen LogP contribution in [0.25, 0.3) is 11.2 Å². The Kier molecular flexibility index (Phi) is 1.09. The van der Waals surface area contributed by atoms with Crippen LogP contribution in [0.3, 0.4) is 0 Å². The topological polar surface area (TPSA) is 114 Å². The van der Waals surface area contributed by atoms with Crippen molar-refractivity contribution in [2.24, 2.45) is 0 Å². The molecule has 0 aromatic carbocycles. The van der Waals surface area contributed by atoms with Crippen LogP contribution >= 0.6 is 0 Å². The Bertz CT molecular complexity index is 583. The molecule has 0 aliphatic carbocycles. The van der Waals surface area contributed by atoms with Gasteiger partial charge in [-0.3, -0.25) is 24.7 Å². The molecule has 2 rings (SSSR count). The maximum Gasteiger partial charge on any atom is 0.327 e. The van der Waals surface area contributed by atoms with Crippen molar-refractivity contribution < 1.29 is 0 Å². The highest BCUT2D eigenvalue weighted by Crippen LogP contribution is 1.88. The summed E-state index contributed by atoms with van der Waals surface area (Å²) in [4.78, 5) is 41.0. The molecule has 2 heterocycles. The van der Waals surface area contributed by atoms with Crippen molar-refractivity contribution in [3.05, 3.63) is 31.3 Å². The second-order valence-electron chi connectivity index (χ2n) is 2.24. The van der Waals surface area contributed by atoms with E-state index in [1.807, 2.05) is 4.98 Å². The SMILES string of the molecule is O=c1[nH]c(=O)c2[15nH][13c](=O)[15nH]c2[nH]1. The molecule has 0 unspecified atom stereocenters. The van der Waals surface area contributed by atoms with Gasteiger partial charge in [-0.25, -0.2) is 9.59 Å². The summed E-state index contributed by atoms with van der Waals surface area (Å²) >= 11 is 0. The molecule has 0 saturated heterocycles. The number of aromatic nitrogens is 4. The van der Waals surface area contributed by atoms with E-state index in [2.05, 4.69) is 15.0 Å². The van der Waals surface area contributed by atoms with Crippen LogP contribution in [0.15, 0.2) is 14.4 Å². The van der Waals surface area contributed by atoms with Crippen molar-refractivity contribution in [3.8, 4) is 0 Å². The van der Waals surface area contributed by atoms with Gasteiger partial charge >= 0.3 is 11.4 Å². The van der Waals surface area contributed by atoms with Gasteiger partial charge in [-0.15, -0.1) is 0 Å². The van der Waals surface area contributed by atoms with Gasteiger partial charge in [0.25, 0.3) is 5.56 Å². The summed E-state index contributed by atoms with van der Waals surface area (Å²) in [5.41, 5.74) is -1.65. The highest BCUT2D eigenvalue weighted by atomic mass is 16.3. The average molecular weight is 171 g/mol. The minimum absolute atomic E-state index is 0.0413. The lowest BCUT2D eigenvalue weighted by atomic mass is 10.6. The van der Waals surface area contributed by atoms with Crippen LogP contribution in [-0.4, -0.2) is 19.9 Å². The largest absolute Gasteiger partial charge is 0.327 e. The van der Waals surface area contributed by atoms with Gasteiger partial charge in [0, 0.05) is 0 Å². The van der Waals surface area contributed by atoms with Crippen LogP contribution in [0.2, 0.25) is 0 Å². The highest BCUT2D eigenvalue weighted by molar-refractivity contribution is 5.67. The lowest BCUT2D eigenvalue weighted by Crippen LogP contribution is -2.21. The zero-order valence-electron chi connectivity index (χ0n) is 5.72. The van der Waals surface area contributed by atoms with E-state index in [9.17, 15) is 14.4 Å². The maximum absolute atomic E-state index is 10.9. The predicted molar refractivity (Wildman–Crippen MR) is 40.2 cm³/mol. The normalized spacial score (nSPS) is 10.7. The standard InChI is InChI=1S/C5H4N4O3/c10-3-1-2(7-4(11)6-1)8-5(12)9-3/h(H4,6,7,8,9,10,11,12)/i4+1,6+1,7+1. The molecule has 0 aliphatic rings. The first kappa shape index (κ1) is 6.65. The molecule has 4 N–H and O–H groups in total. The zero-order chi connectivity index (χ0) is 8.72. The van der Waals surface area contributed by atoms with Crippen LogP contribution in [0, 0.1) is 0 Å². The number of H-pyrrole nitrogens is 4. The zero-order valence-corrected chi connectivity index (χ0v) is 5.72. The Hall–Kier alpha value is -2.05. The van der Waals surface area contributed by atoms with Crippen LogP contribution < -0.4 is 16.9 Å². The fourth-order valence-electron chi connectivity index (χ4n) is 0.958. The number of hydrogen-bond donors (Lipinski definition) is 4. The Balaban J connectivity index is 3.18. The van der Waals surface area contributed by atoms with Crippen molar-refractivity contribution in [2.75, 3.05) is 0 Å². The predicted octanol–water partition coefficient (Wildman–Crippen LogP) is -1.77. The van der Waals surface area contributed by atoms with Gasteiger partial charge in [0.15, 0.2) is 0 Å². The first-order valence-corrected chi connectivity index (χ1v) is 3.11. The summed E-state index contributed by atoms with van der Waals surface area (Å²) in [5.74, 6) is 0. The molecule has 0 spiro atoms. The van der Waals surface area contributed by atoms with E-state index < -0.39 is 16.9 Å². The summed E-state index contributed by atoms with van der Waals surface area (Å²) in [6.45, 7) is 0. The van der Waals surface area contributed by atoms with Gasteiger partial charge in [0.1, 0.15) is 11.2 Å². The molecule has 0 radical (unpaired) electrons. The van der Waals surface area contributed by atoms with E-state index in [0.29, 0.717) is 0 Å². The molecule has 7 nitrogen and oxygen atoms in total. The number of aromatic amines is 4. The van der Waals surface area contributed by atoms with Gasteiger partial charge in [-0.1, -0.05) is 0 Å². The molecular formula is C5H4N4O3. The van der Waals surface area contributed by atoms with Crippen LogP contribution in [0.4, 0.5) is 0 Å². The molecule has 2 aromatic rings. The minimum atomic E-state index is -0.650. The molecule has 62 valence electrons. The summed E-state index contributed by atoms with van der Waals surface area (Å²) in [7, 11) is 0. The third-order valence-corrected chi connectivity index (χ3v) is 1.42. The first-order valence-electron chi connectivity index (χ1n) is 3.11. The van der Waals surface area contributed by atoms with Gasteiger partial charge in [-0.2, -0.15) is 0 Å². The van der Waals surface area contributed by atoms with Crippen molar-refractivity contribution in [1.29, 1.82) is 0 Å². The Morgan fingerprint density at radius 2 is 1.33 bits per heavy atom. The van der Waals surface area contributed by atoms with Crippen LogP contribution in [0.5, 0.6) is 0 Å². The molecular weight excluding hydrogens is 167 g/mol. The summed E-state index contributed by atoms with van der Waals surface area (Å²) in [6, 6.07) is 0. The fourth-order valence-corrected chi connectivity index (χ4v) is 0.958. The Morgan fingerprint density at radius 3 is 2.00 bits per heavy atom. The van der Waals surface area contributed by atoms with Crippen molar-refractivity contribution in [2.45, 2.75) is 0 Å². The summed E-state index contributed by atoms with van der Waals surface area (Å²) in [6.07, 6.45) is 0. The van der Waals surface area contributed by atoms with E-state index in [1.54, 1.807) is 0 Å². The van der Waals surface area contributed by atoms with Crippen LogP contribution in [0.1, 0.15) is 0 Å². The van der Waals surface area contributed by atoms with Crippen LogP contribution in [-0.2, 0) is 0 Å². The summed E-state index contributed by atoms with van der Waals surface area (Å²) < 4.78 is 0. The van der Waals surface area contributed by atoms with Crippen molar-refractivity contribution in [3.63, 3.8) is 0 Å². The second-order valence-corrected chi connectivity index (χ2v) is 2.24. The molecule has 0 amide bonds. The first-order chi connectivity index (χ1) is 5.66. The number of nitrogens with one attached hydrogen (secondary N) is 4. The molecule has 0 atom stereocenters. The molecule has 12 heavy (non-hydrogen) atoms. The van der Waals surface area contributed by atoms with Gasteiger partial charge in [0.05, 0.1) is 0 Å². The molecule has 0 aliphatic heterocycles. The quantitative estimate of drug-likeness (QED) is 0.376. The average Bonchev–Trinajstić information content (AvgIpc) is 2.29. The van der Waals surface area contributed by atoms with Gasteiger partial charge < -0.3 is 0 Å². The van der Waals surface area contributed by atoms with E-state index in [-0.39, 0.29) is 11.2 Å².